The van der Waals surface area contributed by atoms with Crippen LogP contribution in [0.15, 0.2) is 35.5 Å². The normalized spacial score (nSPS) is 15.6. The summed E-state index contributed by atoms with van der Waals surface area (Å²) in [7, 11) is 3.21. The molecule has 0 saturated carbocycles. The molecule has 0 unspecified atom stereocenters. The molecule has 1 fully saturated rings. The zero-order chi connectivity index (χ0) is 27.6. The van der Waals surface area contributed by atoms with Crippen LogP contribution in [0.3, 0.4) is 0 Å². The van der Waals surface area contributed by atoms with E-state index in [1.54, 1.807) is 32.6 Å². The van der Waals surface area contributed by atoms with Crippen LogP contribution in [0.1, 0.15) is 16.8 Å². The van der Waals surface area contributed by atoms with E-state index < -0.39 is 28.6 Å². The van der Waals surface area contributed by atoms with Crippen molar-refractivity contribution in [3.8, 4) is 11.1 Å². The second-order valence-corrected chi connectivity index (χ2v) is 9.76. The van der Waals surface area contributed by atoms with E-state index in [1.165, 1.54) is 10.8 Å². The number of aliphatic hydroxyl groups is 1. The molecule has 0 spiro atoms. The van der Waals surface area contributed by atoms with Crippen LogP contribution in [0.5, 0.6) is 0 Å². The summed E-state index contributed by atoms with van der Waals surface area (Å²) in [5, 5.41) is 22.7. The Morgan fingerprint density at radius 1 is 1.23 bits per heavy atom. The average molecular weight is 535 g/mol. The van der Waals surface area contributed by atoms with Gasteiger partial charge in [0.2, 0.25) is 5.43 Å². The number of aromatic nitrogens is 4. The van der Waals surface area contributed by atoms with E-state index >= 15 is 4.39 Å². The molecule has 5 heterocycles. The van der Waals surface area contributed by atoms with Crippen LogP contribution in [0.25, 0.3) is 44.1 Å². The van der Waals surface area contributed by atoms with Gasteiger partial charge in [-0.1, -0.05) is 0 Å². The first kappa shape index (κ1) is 24.7. The van der Waals surface area contributed by atoms with Gasteiger partial charge >= 0.3 is 5.97 Å². The van der Waals surface area contributed by atoms with Crippen molar-refractivity contribution in [2.24, 2.45) is 13.0 Å². The highest BCUT2D eigenvalue weighted by molar-refractivity contribution is 6.18. The first-order valence-corrected chi connectivity index (χ1v) is 12.3. The highest BCUT2D eigenvalue weighted by atomic mass is 19.2. The van der Waals surface area contributed by atoms with Crippen molar-refractivity contribution in [2.75, 3.05) is 37.0 Å². The number of nitrogens with one attached hydrogen (secondary N) is 2. The van der Waals surface area contributed by atoms with Gasteiger partial charge in [0.1, 0.15) is 16.9 Å². The first-order valence-electron chi connectivity index (χ1n) is 12.3. The maximum Gasteiger partial charge on any atom is 0.341 e. The number of aliphatic hydroxyl groups excluding tert-OH is 1. The number of fused-ring (bicyclic) bond motifs is 4. The minimum Gasteiger partial charge on any atom is -0.477 e. The van der Waals surface area contributed by atoms with Crippen LogP contribution in [0.4, 0.5) is 20.2 Å². The van der Waals surface area contributed by atoms with Crippen LogP contribution in [0.2, 0.25) is 0 Å². The largest absolute Gasteiger partial charge is 0.477 e. The summed E-state index contributed by atoms with van der Waals surface area (Å²) >= 11 is 0. The summed E-state index contributed by atoms with van der Waals surface area (Å²) in [6.07, 6.45) is 5.03. The monoisotopic (exact) mass is 534 g/mol. The SMILES string of the molecule is CNc1cc(F)c(F)c2c1[nH]c1ncc(-c3cnc4c(c3)c(=O)c(C(=O)O)cn4C)c(N3CC[C@@H](CO)C3)c12. The number of pyridine rings is 3. The number of benzene rings is 1. The minimum absolute atomic E-state index is 0.0131. The summed E-state index contributed by atoms with van der Waals surface area (Å²) in [5.41, 5.74) is 1.81. The standard InChI is InChI=1S/C27H24F2N6O4/c1-30-18-6-17(28)21(29)19-20-23(35-4-3-12(9-35)11-36)15(8-31-25(20)33-22(18)19)13-5-14-24(37)16(27(38)39)10-34(2)26(14)32-7-13/h5-8,10,12,30,36H,3-4,9,11H2,1-2H3,(H,31,33)(H,38,39)/t12-/m1/s1. The predicted octanol–water partition coefficient (Wildman–Crippen LogP) is 3.47. The molecular weight excluding hydrogens is 510 g/mol. The van der Waals surface area contributed by atoms with E-state index in [-0.39, 0.29) is 23.3 Å². The van der Waals surface area contributed by atoms with Crippen LogP contribution in [0, 0.1) is 17.6 Å². The Morgan fingerprint density at radius 3 is 2.72 bits per heavy atom. The van der Waals surface area contributed by atoms with E-state index in [4.69, 9.17) is 0 Å². The zero-order valence-electron chi connectivity index (χ0n) is 21.0. The lowest BCUT2D eigenvalue weighted by Gasteiger charge is -2.23. The Kier molecular flexibility index (Phi) is 5.72. The molecule has 1 atom stereocenters. The number of carbonyl (C=O) groups is 1. The fraction of sp³-hybridized carbons (Fsp3) is 0.259. The number of hydrogen-bond donors (Lipinski definition) is 4. The molecule has 10 nitrogen and oxygen atoms in total. The number of aryl methyl sites for hydroxylation is 1. The van der Waals surface area contributed by atoms with Crippen molar-refractivity contribution in [1.29, 1.82) is 0 Å². The molecule has 0 aliphatic carbocycles. The number of nitrogens with zero attached hydrogens (tertiary/aromatic N) is 4. The van der Waals surface area contributed by atoms with Gasteiger partial charge in [0.25, 0.3) is 0 Å². The molecule has 1 aliphatic rings. The van der Waals surface area contributed by atoms with Crippen molar-refractivity contribution in [1.82, 2.24) is 19.5 Å². The molecule has 0 amide bonds. The van der Waals surface area contributed by atoms with E-state index in [9.17, 15) is 24.2 Å². The minimum atomic E-state index is -1.35. The topological polar surface area (TPSA) is 136 Å². The van der Waals surface area contributed by atoms with E-state index in [1.807, 2.05) is 4.90 Å². The number of carboxylic acids is 1. The average Bonchev–Trinajstić information content (AvgIpc) is 3.57. The molecule has 4 N–H and O–H groups in total. The van der Waals surface area contributed by atoms with Gasteiger partial charge in [-0.25, -0.2) is 23.5 Å². The summed E-state index contributed by atoms with van der Waals surface area (Å²) in [4.78, 5) is 38.8. The van der Waals surface area contributed by atoms with Gasteiger partial charge in [-0.2, -0.15) is 0 Å². The van der Waals surface area contributed by atoms with Gasteiger partial charge < -0.3 is 30.0 Å². The van der Waals surface area contributed by atoms with Crippen LogP contribution >= 0.6 is 0 Å². The molecule has 4 aromatic heterocycles. The van der Waals surface area contributed by atoms with Gasteiger partial charge in [0.15, 0.2) is 11.6 Å². The Bertz CT molecular complexity index is 1880. The number of H-pyrrole nitrogens is 1. The van der Waals surface area contributed by atoms with Crippen molar-refractivity contribution < 1.29 is 23.8 Å². The second kappa shape index (κ2) is 9.02. The summed E-state index contributed by atoms with van der Waals surface area (Å²) in [5.74, 6) is -3.41. The molecule has 0 bridgehead atoms. The quantitative estimate of drug-likeness (QED) is 0.269. The fourth-order valence-corrected chi connectivity index (χ4v) is 5.53. The molecular formula is C27H24F2N6O4. The highest BCUT2D eigenvalue weighted by Gasteiger charge is 2.30. The van der Waals surface area contributed by atoms with Gasteiger partial charge in [-0.15, -0.1) is 0 Å². The second-order valence-electron chi connectivity index (χ2n) is 9.76. The third-order valence-corrected chi connectivity index (χ3v) is 7.45. The molecule has 1 aromatic carbocycles. The van der Waals surface area contributed by atoms with Crippen molar-refractivity contribution >= 4 is 50.3 Å². The first-order chi connectivity index (χ1) is 18.7. The van der Waals surface area contributed by atoms with E-state index in [0.29, 0.717) is 64.2 Å². The smallest absolute Gasteiger partial charge is 0.341 e. The lowest BCUT2D eigenvalue weighted by Crippen LogP contribution is -2.22. The molecule has 1 saturated heterocycles. The molecule has 39 heavy (non-hydrogen) atoms. The molecule has 200 valence electrons. The number of halogens is 2. The fourth-order valence-electron chi connectivity index (χ4n) is 5.53. The van der Waals surface area contributed by atoms with E-state index in [2.05, 4.69) is 20.3 Å². The van der Waals surface area contributed by atoms with Gasteiger partial charge in [0.05, 0.1) is 33.1 Å². The van der Waals surface area contributed by atoms with Crippen LogP contribution < -0.4 is 15.6 Å². The number of hydrogen-bond acceptors (Lipinski definition) is 7. The maximum absolute atomic E-state index is 15.4. The summed E-state index contributed by atoms with van der Waals surface area (Å²) < 4.78 is 31.6. The zero-order valence-corrected chi connectivity index (χ0v) is 21.0. The molecule has 12 heteroatoms. The summed E-state index contributed by atoms with van der Waals surface area (Å²) in [6, 6.07) is 2.63. The predicted molar refractivity (Wildman–Crippen MR) is 143 cm³/mol. The highest BCUT2D eigenvalue weighted by Crippen LogP contribution is 2.44. The number of rotatable bonds is 5. The van der Waals surface area contributed by atoms with Crippen LogP contribution in [-0.4, -0.2) is 62.4 Å². The molecule has 5 aromatic rings. The Labute approximate surface area is 219 Å². The molecule has 6 rings (SSSR count). The Hall–Kier alpha value is -4.58. The lowest BCUT2D eigenvalue weighted by molar-refractivity contribution is 0.0695. The van der Waals surface area contributed by atoms with Crippen molar-refractivity contribution in [2.45, 2.75) is 6.42 Å². The summed E-state index contributed by atoms with van der Waals surface area (Å²) in [6.45, 7) is 0.995. The number of aromatic carboxylic acids is 1. The number of anilines is 2. The van der Waals surface area contributed by atoms with Crippen molar-refractivity contribution in [3.63, 3.8) is 0 Å². The van der Waals surface area contributed by atoms with E-state index in [0.717, 1.165) is 6.07 Å². The Balaban J connectivity index is 1.71. The van der Waals surface area contributed by atoms with Gasteiger partial charge in [-0.3, -0.25) is 4.79 Å². The molecule has 1 aliphatic heterocycles. The maximum atomic E-state index is 15.4. The molecule has 0 radical (unpaired) electrons. The van der Waals surface area contributed by atoms with Gasteiger partial charge in [-0.05, 0) is 12.5 Å². The third-order valence-electron chi connectivity index (χ3n) is 7.45. The third kappa shape index (κ3) is 3.70. The van der Waals surface area contributed by atoms with Crippen molar-refractivity contribution in [3.05, 3.63) is 58.1 Å². The number of carboxylic acid groups (broad SMARTS) is 1. The van der Waals surface area contributed by atoms with Crippen LogP contribution in [-0.2, 0) is 7.05 Å². The number of aromatic amines is 1. The van der Waals surface area contributed by atoms with Gasteiger partial charge in [0, 0.05) is 75.5 Å². The lowest BCUT2D eigenvalue weighted by atomic mass is 10.0. The Morgan fingerprint density at radius 2 is 2.03 bits per heavy atom.